The summed E-state index contributed by atoms with van der Waals surface area (Å²) in [7, 11) is 0. The highest BCUT2D eigenvalue weighted by Crippen LogP contribution is 2.35. The zero-order valence-corrected chi connectivity index (χ0v) is 20.3. The van der Waals surface area contributed by atoms with Crippen LogP contribution in [0, 0.1) is 5.82 Å². The van der Waals surface area contributed by atoms with Gasteiger partial charge in [0.25, 0.3) is 0 Å². The van der Waals surface area contributed by atoms with E-state index < -0.39 is 5.82 Å². The van der Waals surface area contributed by atoms with Gasteiger partial charge in [-0.05, 0) is 42.9 Å². The summed E-state index contributed by atoms with van der Waals surface area (Å²) in [6.07, 6.45) is 1.92. The smallest absolute Gasteiger partial charge is 0.229 e. The highest BCUT2D eigenvalue weighted by Gasteiger charge is 2.31. The van der Waals surface area contributed by atoms with Gasteiger partial charge < -0.3 is 15.0 Å². The second kappa shape index (κ2) is 12.5. The van der Waals surface area contributed by atoms with Crippen molar-refractivity contribution >= 4 is 29.9 Å². The second-order valence-corrected chi connectivity index (χ2v) is 7.76. The van der Waals surface area contributed by atoms with Crippen LogP contribution in [-0.2, 0) is 4.84 Å². The van der Waals surface area contributed by atoms with E-state index in [9.17, 15) is 4.39 Å². The summed E-state index contributed by atoms with van der Waals surface area (Å²) < 4.78 is 20.5. The number of nitrogens with one attached hydrogen (secondary N) is 1. The fourth-order valence-corrected chi connectivity index (χ4v) is 3.82. The maximum atomic E-state index is 14.6. The van der Waals surface area contributed by atoms with Crippen molar-refractivity contribution in [3.63, 3.8) is 0 Å². The van der Waals surface area contributed by atoms with Crippen LogP contribution in [0.4, 0.5) is 21.8 Å². The van der Waals surface area contributed by atoms with Gasteiger partial charge in [-0.3, -0.25) is 4.84 Å². The third-order valence-electron chi connectivity index (χ3n) is 5.70. The topological polar surface area (TPSA) is 62.8 Å². The molecule has 1 aliphatic rings. The number of anilines is 3. The Labute approximate surface area is 206 Å². The maximum absolute atomic E-state index is 14.6. The monoisotopic (exact) mass is 487 g/mol. The molecule has 2 aromatic carbocycles. The number of rotatable bonds is 10. The molecule has 0 saturated carbocycles. The standard InChI is InChI=1S/C25H30FN5O2.ClH/c1-3-30(4-2)15-17-32-21-12-10-20(11-13-21)28-25-27-18-22(26)24(29-25)31-23(14-16-33-31)19-8-6-5-7-9-19;/h5-13,18,23H,3-4,14-17H2,1-2H3,(H,27,28,29);1H/t23-;/m0./s1. The number of hydrogen-bond acceptors (Lipinski definition) is 7. The first-order valence-electron chi connectivity index (χ1n) is 11.4. The summed E-state index contributed by atoms with van der Waals surface area (Å²) in [5, 5.41) is 4.68. The van der Waals surface area contributed by atoms with Gasteiger partial charge in [-0.25, -0.2) is 14.4 Å². The van der Waals surface area contributed by atoms with Crippen LogP contribution in [0.15, 0.2) is 60.8 Å². The van der Waals surface area contributed by atoms with E-state index in [1.165, 1.54) is 6.20 Å². The zero-order valence-electron chi connectivity index (χ0n) is 19.5. The minimum absolute atomic E-state index is 0. The fourth-order valence-electron chi connectivity index (χ4n) is 3.82. The first-order valence-corrected chi connectivity index (χ1v) is 11.4. The molecule has 0 bridgehead atoms. The molecule has 1 atom stereocenters. The third-order valence-corrected chi connectivity index (χ3v) is 5.70. The van der Waals surface area contributed by atoms with Gasteiger partial charge in [-0.15, -0.1) is 12.4 Å². The first-order chi connectivity index (χ1) is 16.2. The zero-order chi connectivity index (χ0) is 23.0. The Balaban J connectivity index is 0.00000324. The predicted octanol–water partition coefficient (Wildman–Crippen LogP) is 5.38. The van der Waals surface area contributed by atoms with E-state index in [0.29, 0.717) is 19.2 Å². The van der Waals surface area contributed by atoms with Crippen molar-refractivity contribution < 1.29 is 14.0 Å². The molecule has 1 saturated heterocycles. The predicted molar refractivity (Wildman–Crippen MR) is 134 cm³/mol. The lowest BCUT2D eigenvalue weighted by molar-refractivity contribution is 0.154. The molecule has 34 heavy (non-hydrogen) atoms. The molecule has 4 rings (SSSR count). The normalized spacial score (nSPS) is 15.3. The summed E-state index contributed by atoms with van der Waals surface area (Å²) in [5.74, 6) is 0.684. The van der Waals surface area contributed by atoms with Crippen molar-refractivity contribution in [1.29, 1.82) is 0 Å². The van der Waals surface area contributed by atoms with E-state index in [1.807, 2.05) is 54.6 Å². The number of hydroxylamine groups is 1. The van der Waals surface area contributed by atoms with E-state index in [-0.39, 0.29) is 24.3 Å². The molecule has 182 valence electrons. The molecule has 0 unspecified atom stereocenters. The molecule has 0 radical (unpaired) electrons. The van der Waals surface area contributed by atoms with Crippen molar-refractivity contribution in [3.8, 4) is 5.75 Å². The lowest BCUT2D eigenvalue weighted by atomic mass is 10.0. The Morgan fingerprint density at radius 2 is 1.85 bits per heavy atom. The quantitative estimate of drug-likeness (QED) is 0.411. The summed E-state index contributed by atoms with van der Waals surface area (Å²) >= 11 is 0. The highest BCUT2D eigenvalue weighted by molar-refractivity contribution is 5.85. The van der Waals surface area contributed by atoms with Gasteiger partial charge in [0.15, 0.2) is 11.6 Å². The highest BCUT2D eigenvalue weighted by atomic mass is 35.5. The summed E-state index contributed by atoms with van der Waals surface area (Å²) in [6.45, 7) is 8.34. The number of halogens is 2. The van der Waals surface area contributed by atoms with Gasteiger partial charge >= 0.3 is 0 Å². The van der Waals surface area contributed by atoms with E-state index in [1.54, 1.807) is 5.06 Å². The van der Waals surface area contributed by atoms with Crippen LogP contribution < -0.4 is 15.1 Å². The molecule has 7 nitrogen and oxygen atoms in total. The van der Waals surface area contributed by atoms with Gasteiger partial charge in [0.05, 0.1) is 18.8 Å². The molecule has 1 aliphatic heterocycles. The van der Waals surface area contributed by atoms with Gasteiger partial charge in [0.1, 0.15) is 12.4 Å². The fraction of sp³-hybridized carbons (Fsp3) is 0.360. The Morgan fingerprint density at radius 3 is 2.56 bits per heavy atom. The summed E-state index contributed by atoms with van der Waals surface area (Å²) in [4.78, 5) is 16.5. The van der Waals surface area contributed by atoms with Crippen LogP contribution in [-0.4, -0.2) is 47.7 Å². The molecular weight excluding hydrogens is 457 g/mol. The Morgan fingerprint density at radius 1 is 1.12 bits per heavy atom. The average Bonchev–Trinajstić information content (AvgIpc) is 3.34. The maximum Gasteiger partial charge on any atom is 0.229 e. The van der Waals surface area contributed by atoms with Crippen LogP contribution in [0.2, 0.25) is 0 Å². The molecule has 1 aromatic heterocycles. The first kappa shape index (κ1) is 25.7. The van der Waals surface area contributed by atoms with Gasteiger partial charge in [-0.2, -0.15) is 4.98 Å². The lowest BCUT2D eigenvalue weighted by Crippen LogP contribution is -2.27. The molecule has 1 N–H and O–H groups in total. The van der Waals surface area contributed by atoms with Crippen LogP contribution in [0.1, 0.15) is 31.9 Å². The molecule has 1 fully saturated rings. The summed E-state index contributed by atoms with van der Waals surface area (Å²) in [5.41, 5.74) is 1.84. The Hall–Kier alpha value is -2.94. The van der Waals surface area contributed by atoms with E-state index in [4.69, 9.17) is 9.57 Å². The van der Waals surface area contributed by atoms with E-state index in [2.05, 4.69) is 34.0 Å². The third kappa shape index (κ3) is 6.34. The van der Waals surface area contributed by atoms with Crippen molar-refractivity contribution in [2.24, 2.45) is 0 Å². The average molecular weight is 488 g/mol. The lowest BCUT2D eigenvalue weighted by Gasteiger charge is -2.24. The van der Waals surface area contributed by atoms with Crippen molar-refractivity contribution in [2.75, 3.05) is 43.2 Å². The van der Waals surface area contributed by atoms with Crippen molar-refractivity contribution in [1.82, 2.24) is 14.9 Å². The van der Waals surface area contributed by atoms with Crippen LogP contribution >= 0.6 is 12.4 Å². The number of aromatic nitrogens is 2. The number of likely N-dealkylation sites (N-methyl/N-ethyl adjacent to an activating group) is 1. The molecule has 9 heteroatoms. The van der Waals surface area contributed by atoms with Crippen LogP contribution in [0.25, 0.3) is 0 Å². The van der Waals surface area contributed by atoms with Crippen LogP contribution in [0.5, 0.6) is 5.75 Å². The number of hydrogen-bond donors (Lipinski definition) is 1. The molecule has 2 heterocycles. The van der Waals surface area contributed by atoms with Gasteiger partial charge in [-0.1, -0.05) is 44.2 Å². The Kier molecular flexibility index (Phi) is 9.44. The van der Waals surface area contributed by atoms with Crippen molar-refractivity contribution in [3.05, 3.63) is 72.2 Å². The van der Waals surface area contributed by atoms with Crippen LogP contribution in [0.3, 0.4) is 0 Å². The number of ether oxygens (including phenoxy) is 1. The minimum atomic E-state index is -0.527. The molecule has 0 amide bonds. The Bertz CT molecular complexity index is 1020. The molecular formula is C25H31ClFN5O2. The molecule has 0 aliphatic carbocycles. The van der Waals surface area contributed by atoms with Crippen molar-refractivity contribution in [2.45, 2.75) is 26.3 Å². The SMILES string of the molecule is CCN(CC)CCOc1ccc(Nc2ncc(F)c(N3OCC[C@H]3c3ccccc3)n2)cc1.Cl. The second-order valence-electron chi connectivity index (χ2n) is 7.76. The minimum Gasteiger partial charge on any atom is -0.492 e. The molecule has 3 aromatic rings. The van der Waals surface area contributed by atoms with E-state index >= 15 is 0 Å². The number of benzene rings is 2. The van der Waals surface area contributed by atoms with Gasteiger partial charge in [0, 0.05) is 18.7 Å². The molecule has 0 spiro atoms. The summed E-state index contributed by atoms with van der Waals surface area (Å²) in [6, 6.07) is 17.4. The van der Waals surface area contributed by atoms with E-state index in [0.717, 1.165) is 43.1 Å². The number of nitrogens with zero attached hydrogens (tertiary/aromatic N) is 4. The largest absolute Gasteiger partial charge is 0.492 e. The van der Waals surface area contributed by atoms with Gasteiger partial charge in [0.2, 0.25) is 5.95 Å².